The van der Waals surface area contributed by atoms with Gasteiger partial charge in [0.1, 0.15) is 0 Å². The van der Waals surface area contributed by atoms with Gasteiger partial charge in [0, 0.05) is 0 Å². The Hall–Kier alpha value is -0.260. The van der Waals surface area contributed by atoms with Gasteiger partial charge in [-0.05, 0) is 31.6 Å². The van der Waals surface area contributed by atoms with Gasteiger partial charge in [0.2, 0.25) is 0 Å². The van der Waals surface area contributed by atoms with E-state index in [-0.39, 0.29) is 0 Å². The smallest absolute Gasteiger partial charge is 0.0351 e. The summed E-state index contributed by atoms with van der Waals surface area (Å²) in [5.41, 5.74) is 0. The molecule has 0 aromatic carbocycles. The molecule has 144 valence electrons. The first kappa shape index (κ1) is 23.7. The molecule has 0 aliphatic rings. The maximum atomic E-state index is 2.43. The monoisotopic (exact) mass is 336 g/mol. The average molecular weight is 337 g/mol. The summed E-state index contributed by atoms with van der Waals surface area (Å²) in [5, 5.41) is 0. The summed E-state index contributed by atoms with van der Waals surface area (Å²) < 4.78 is 0. The first-order valence-electron chi connectivity index (χ1n) is 11.5. The van der Waals surface area contributed by atoms with Crippen molar-refractivity contribution in [2.24, 2.45) is 5.92 Å². The molecule has 0 aliphatic heterocycles. The quantitative estimate of drug-likeness (QED) is 0.163. The topological polar surface area (TPSA) is 0 Å². The summed E-state index contributed by atoms with van der Waals surface area (Å²) in [6.07, 6.45) is 30.4. The van der Waals surface area contributed by atoms with Gasteiger partial charge in [-0.2, -0.15) is 0 Å². The van der Waals surface area contributed by atoms with Crippen LogP contribution in [0, 0.1) is 5.92 Å². The van der Waals surface area contributed by atoms with E-state index in [4.69, 9.17) is 0 Å². The van der Waals surface area contributed by atoms with E-state index in [1.165, 1.54) is 116 Å². The van der Waals surface area contributed by atoms with Gasteiger partial charge in [0.15, 0.2) is 0 Å². The number of hydrogen-bond acceptors (Lipinski definition) is 0. The molecule has 0 N–H and O–H groups in total. The van der Waals surface area contributed by atoms with E-state index < -0.39 is 0 Å². The van der Waals surface area contributed by atoms with Gasteiger partial charge in [0.05, 0.1) is 0 Å². The Balaban J connectivity index is 3.08. The van der Waals surface area contributed by atoms with E-state index in [9.17, 15) is 0 Å². The lowest BCUT2D eigenvalue weighted by molar-refractivity contribution is 0.469. The zero-order valence-electron chi connectivity index (χ0n) is 17.5. The minimum Gasteiger partial charge on any atom is -0.0885 e. The predicted octanol–water partition coefficient (Wildman–Crippen LogP) is 9.24. The molecule has 0 aliphatic carbocycles. The molecule has 0 bridgehead atoms. The molecule has 0 fully saturated rings. The van der Waals surface area contributed by atoms with E-state index in [2.05, 4.69) is 32.9 Å². The first-order valence-corrected chi connectivity index (χ1v) is 11.5. The Bertz CT molecular complexity index is 240. The van der Waals surface area contributed by atoms with Crippen molar-refractivity contribution in [1.29, 1.82) is 0 Å². The summed E-state index contributed by atoms with van der Waals surface area (Å²) in [6, 6.07) is 0. The maximum Gasteiger partial charge on any atom is -0.0351 e. The van der Waals surface area contributed by atoms with Crippen molar-refractivity contribution >= 4 is 0 Å². The van der Waals surface area contributed by atoms with Crippen LogP contribution in [0.4, 0.5) is 0 Å². The van der Waals surface area contributed by atoms with Crippen LogP contribution in [0.3, 0.4) is 0 Å². The summed E-state index contributed by atoms with van der Waals surface area (Å²) in [6.45, 7) is 6.99. The Labute approximate surface area is 154 Å². The van der Waals surface area contributed by atoms with Crippen LogP contribution in [0.25, 0.3) is 0 Å². The third-order valence-corrected chi connectivity index (χ3v) is 5.41. The second-order valence-electron chi connectivity index (χ2n) is 7.95. The van der Waals surface area contributed by atoms with Crippen molar-refractivity contribution in [3.63, 3.8) is 0 Å². The molecule has 0 saturated heterocycles. The van der Waals surface area contributed by atoms with Crippen molar-refractivity contribution in [1.82, 2.24) is 0 Å². The van der Waals surface area contributed by atoms with Crippen LogP contribution in [0.2, 0.25) is 0 Å². The highest BCUT2D eigenvalue weighted by Gasteiger charge is 1.98. The normalized spacial score (nSPS) is 13.0. The standard InChI is InChI=1S/C24H48/c1-4-6-7-8-9-10-11-12-13-14-15-16-17-18-19-20-21-22-23-24(3)5-2/h12-13,24H,4-11,14-23H2,1-3H3. The molecule has 1 atom stereocenters. The maximum absolute atomic E-state index is 2.43. The third kappa shape index (κ3) is 19.8. The van der Waals surface area contributed by atoms with Crippen LogP contribution < -0.4 is 0 Å². The van der Waals surface area contributed by atoms with Gasteiger partial charge in [-0.25, -0.2) is 0 Å². The zero-order valence-corrected chi connectivity index (χ0v) is 17.5. The molecule has 0 aromatic heterocycles. The fraction of sp³-hybridized carbons (Fsp3) is 0.917. The van der Waals surface area contributed by atoms with E-state index in [1.807, 2.05) is 0 Å². The number of rotatable bonds is 19. The van der Waals surface area contributed by atoms with Gasteiger partial charge in [-0.3, -0.25) is 0 Å². The van der Waals surface area contributed by atoms with Crippen LogP contribution in [0.15, 0.2) is 12.2 Å². The van der Waals surface area contributed by atoms with Crippen LogP contribution in [-0.4, -0.2) is 0 Å². The number of hydrogen-bond donors (Lipinski definition) is 0. The van der Waals surface area contributed by atoms with Crippen molar-refractivity contribution in [3.8, 4) is 0 Å². The summed E-state index contributed by atoms with van der Waals surface area (Å²) in [7, 11) is 0. The molecule has 0 amide bonds. The fourth-order valence-electron chi connectivity index (χ4n) is 3.30. The highest BCUT2D eigenvalue weighted by molar-refractivity contribution is 4.81. The molecule has 0 heteroatoms. The van der Waals surface area contributed by atoms with Crippen molar-refractivity contribution < 1.29 is 0 Å². The molecule has 24 heavy (non-hydrogen) atoms. The Kier molecular flexibility index (Phi) is 20.6. The lowest BCUT2D eigenvalue weighted by Crippen LogP contribution is -1.91. The molecule has 0 heterocycles. The molecule has 0 rings (SSSR count). The number of allylic oxidation sites excluding steroid dienone is 2. The highest BCUT2D eigenvalue weighted by Crippen LogP contribution is 2.15. The molecule has 0 spiro atoms. The Morgan fingerprint density at radius 1 is 0.542 bits per heavy atom. The van der Waals surface area contributed by atoms with E-state index in [0.29, 0.717) is 0 Å². The van der Waals surface area contributed by atoms with E-state index in [0.717, 1.165) is 5.92 Å². The van der Waals surface area contributed by atoms with E-state index in [1.54, 1.807) is 0 Å². The minimum atomic E-state index is 0.944. The van der Waals surface area contributed by atoms with Crippen molar-refractivity contribution in [3.05, 3.63) is 12.2 Å². The predicted molar refractivity (Wildman–Crippen MR) is 113 cm³/mol. The SMILES string of the molecule is CCCCCCCCC=CCCCCCCCCCCC(C)CC. The van der Waals surface area contributed by atoms with Gasteiger partial charge in [-0.1, -0.05) is 123 Å². The lowest BCUT2D eigenvalue weighted by atomic mass is 9.99. The largest absolute Gasteiger partial charge is 0.0885 e. The van der Waals surface area contributed by atoms with Gasteiger partial charge in [0.25, 0.3) is 0 Å². The van der Waals surface area contributed by atoms with Gasteiger partial charge in [-0.15, -0.1) is 0 Å². The van der Waals surface area contributed by atoms with Gasteiger partial charge < -0.3 is 0 Å². The van der Waals surface area contributed by atoms with E-state index >= 15 is 0 Å². The summed E-state index contributed by atoms with van der Waals surface area (Å²) in [4.78, 5) is 0. The van der Waals surface area contributed by atoms with Crippen molar-refractivity contribution in [2.75, 3.05) is 0 Å². The molecule has 0 aromatic rings. The highest BCUT2D eigenvalue weighted by atomic mass is 14.0. The molecular formula is C24H48. The zero-order chi connectivity index (χ0) is 17.7. The lowest BCUT2D eigenvalue weighted by Gasteiger charge is -2.07. The molecule has 0 radical (unpaired) electrons. The first-order chi connectivity index (χ1) is 11.8. The molecule has 0 nitrogen and oxygen atoms in total. The second-order valence-corrected chi connectivity index (χ2v) is 7.95. The van der Waals surface area contributed by atoms with Crippen LogP contribution in [-0.2, 0) is 0 Å². The summed E-state index contributed by atoms with van der Waals surface area (Å²) >= 11 is 0. The molecule has 1 unspecified atom stereocenters. The molecular weight excluding hydrogens is 288 g/mol. The average Bonchev–Trinajstić information content (AvgIpc) is 2.60. The number of unbranched alkanes of at least 4 members (excludes halogenated alkanes) is 14. The van der Waals surface area contributed by atoms with Crippen LogP contribution in [0.1, 0.15) is 136 Å². The second kappa shape index (κ2) is 20.8. The van der Waals surface area contributed by atoms with Crippen LogP contribution >= 0.6 is 0 Å². The fourth-order valence-corrected chi connectivity index (χ4v) is 3.30. The Morgan fingerprint density at radius 3 is 1.42 bits per heavy atom. The Morgan fingerprint density at radius 2 is 0.958 bits per heavy atom. The minimum absolute atomic E-state index is 0.944. The van der Waals surface area contributed by atoms with Crippen molar-refractivity contribution in [2.45, 2.75) is 136 Å². The summed E-state index contributed by atoms with van der Waals surface area (Å²) in [5.74, 6) is 0.944. The van der Waals surface area contributed by atoms with Crippen LogP contribution in [0.5, 0.6) is 0 Å². The third-order valence-electron chi connectivity index (χ3n) is 5.41. The van der Waals surface area contributed by atoms with Gasteiger partial charge >= 0.3 is 0 Å². The molecule has 0 saturated carbocycles.